The first-order valence-corrected chi connectivity index (χ1v) is 10.1. The van der Waals surface area contributed by atoms with Crippen molar-refractivity contribution in [3.05, 3.63) is 89.2 Å². The molecule has 1 aromatic heterocycles. The number of rotatable bonds is 9. The second-order valence-electron chi connectivity index (χ2n) is 7.30. The topological polar surface area (TPSA) is 109 Å². The molecular formula is C24H28FN5O2. The maximum absolute atomic E-state index is 13.2. The number of nitrogens with one attached hydrogen (secondary N) is 3. The van der Waals surface area contributed by atoms with E-state index in [1.54, 1.807) is 36.6 Å². The summed E-state index contributed by atoms with van der Waals surface area (Å²) in [4.78, 5) is 28.6. The molecule has 0 saturated heterocycles. The molecule has 0 radical (unpaired) electrons. The van der Waals surface area contributed by atoms with Crippen molar-refractivity contribution in [2.75, 3.05) is 24.1 Å². The summed E-state index contributed by atoms with van der Waals surface area (Å²) in [7, 11) is 0. The Bertz CT molecular complexity index is 1040. The monoisotopic (exact) mass is 437 g/mol. The first kappa shape index (κ1) is 24.3. The van der Waals surface area contributed by atoms with Crippen molar-refractivity contribution in [2.24, 2.45) is 0 Å². The van der Waals surface area contributed by atoms with Gasteiger partial charge in [-0.1, -0.05) is 11.6 Å². The zero-order valence-corrected chi connectivity index (χ0v) is 18.4. The minimum atomic E-state index is -0.471. The zero-order valence-electron chi connectivity index (χ0n) is 18.4. The molecule has 1 heterocycles. The number of aromatic nitrogens is 1. The quantitative estimate of drug-likeness (QED) is 0.208. The first-order valence-electron chi connectivity index (χ1n) is 10.1. The third-order valence-corrected chi connectivity index (χ3v) is 4.22. The van der Waals surface area contributed by atoms with Crippen LogP contribution in [0.3, 0.4) is 0 Å². The zero-order chi connectivity index (χ0) is 23.5. The van der Waals surface area contributed by atoms with Gasteiger partial charge in [0.25, 0.3) is 11.8 Å². The molecule has 0 aliphatic rings. The van der Waals surface area contributed by atoms with Gasteiger partial charge in [0.15, 0.2) is 0 Å². The number of allylic oxidation sites excluding steroid dienone is 4. The fourth-order valence-corrected chi connectivity index (χ4v) is 2.65. The summed E-state index contributed by atoms with van der Waals surface area (Å²) in [5.74, 6) is -1.02. The smallest absolute Gasteiger partial charge is 0.255 e. The Balaban J connectivity index is 1.95. The van der Waals surface area contributed by atoms with E-state index in [0.29, 0.717) is 29.9 Å². The summed E-state index contributed by atoms with van der Waals surface area (Å²) < 4.78 is 13.2. The summed E-state index contributed by atoms with van der Waals surface area (Å²) in [6.45, 7) is 6.56. The minimum absolute atomic E-state index is 0.150. The van der Waals surface area contributed by atoms with E-state index in [4.69, 9.17) is 5.73 Å². The molecule has 2 amide bonds. The van der Waals surface area contributed by atoms with Gasteiger partial charge in [0.2, 0.25) is 0 Å². The molecular weight excluding hydrogens is 409 g/mol. The number of pyridine rings is 1. The van der Waals surface area contributed by atoms with Crippen molar-refractivity contribution in [3.63, 3.8) is 0 Å². The molecule has 1 aromatic carbocycles. The van der Waals surface area contributed by atoms with Crippen LogP contribution in [-0.4, -0.2) is 29.9 Å². The van der Waals surface area contributed by atoms with E-state index >= 15 is 0 Å². The van der Waals surface area contributed by atoms with Crippen LogP contribution in [0.5, 0.6) is 0 Å². The Kier molecular flexibility index (Phi) is 9.16. The van der Waals surface area contributed by atoms with Gasteiger partial charge in [0.1, 0.15) is 5.82 Å². The van der Waals surface area contributed by atoms with Crippen LogP contribution in [-0.2, 0) is 4.79 Å². The Morgan fingerprint density at radius 2 is 1.84 bits per heavy atom. The number of hydrogen-bond acceptors (Lipinski definition) is 5. The van der Waals surface area contributed by atoms with E-state index in [1.165, 1.54) is 18.3 Å². The number of hydrogen-bond donors (Lipinski definition) is 4. The predicted octanol–water partition coefficient (Wildman–Crippen LogP) is 3.56. The van der Waals surface area contributed by atoms with E-state index in [9.17, 15) is 14.0 Å². The van der Waals surface area contributed by atoms with Gasteiger partial charge in [-0.3, -0.25) is 14.6 Å². The number of anilines is 2. The van der Waals surface area contributed by atoms with E-state index in [-0.39, 0.29) is 17.5 Å². The SMILES string of the molecule is CC(C)=C/C(=C\C=C(/C)NCCNC(=O)c1cccnc1)C(=O)Nc1ccc(F)cc1N. The molecule has 0 saturated carbocycles. The van der Waals surface area contributed by atoms with Crippen LogP contribution in [0.4, 0.5) is 15.8 Å². The van der Waals surface area contributed by atoms with Crippen molar-refractivity contribution in [1.82, 2.24) is 15.6 Å². The lowest BCUT2D eigenvalue weighted by molar-refractivity contribution is -0.112. The lowest BCUT2D eigenvalue weighted by Crippen LogP contribution is -2.31. The van der Waals surface area contributed by atoms with E-state index < -0.39 is 5.82 Å². The molecule has 0 aliphatic carbocycles. The van der Waals surface area contributed by atoms with E-state index in [1.807, 2.05) is 20.8 Å². The van der Waals surface area contributed by atoms with Gasteiger partial charge in [-0.25, -0.2) is 4.39 Å². The molecule has 32 heavy (non-hydrogen) atoms. The number of benzene rings is 1. The number of halogens is 1. The summed E-state index contributed by atoms with van der Waals surface area (Å²) >= 11 is 0. The summed E-state index contributed by atoms with van der Waals surface area (Å²) in [5.41, 5.74) is 8.94. The lowest BCUT2D eigenvalue weighted by atomic mass is 10.1. The highest BCUT2D eigenvalue weighted by molar-refractivity contribution is 6.07. The Hall–Kier alpha value is -3.94. The summed E-state index contributed by atoms with van der Waals surface area (Å²) in [6.07, 6.45) is 8.31. The average molecular weight is 438 g/mol. The van der Waals surface area contributed by atoms with E-state index in [0.717, 1.165) is 17.3 Å². The Morgan fingerprint density at radius 3 is 2.50 bits per heavy atom. The fraction of sp³-hybridized carbons (Fsp3) is 0.208. The number of carbonyl (C=O) groups is 2. The number of nitrogens with zero attached hydrogens (tertiary/aromatic N) is 1. The molecule has 0 bridgehead atoms. The molecule has 0 aliphatic heterocycles. The molecule has 7 nitrogen and oxygen atoms in total. The number of carbonyl (C=O) groups excluding carboxylic acids is 2. The fourth-order valence-electron chi connectivity index (χ4n) is 2.65. The van der Waals surface area contributed by atoms with Crippen LogP contribution in [0.25, 0.3) is 0 Å². The normalized spacial score (nSPS) is 11.5. The van der Waals surface area contributed by atoms with Gasteiger partial charge in [-0.05, 0) is 63.3 Å². The third kappa shape index (κ3) is 8.06. The molecule has 168 valence electrons. The number of nitrogens with two attached hydrogens (primary N) is 1. The molecule has 0 fully saturated rings. The lowest BCUT2D eigenvalue weighted by Gasteiger charge is -2.10. The average Bonchev–Trinajstić information content (AvgIpc) is 2.76. The highest BCUT2D eigenvalue weighted by Crippen LogP contribution is 2.20. The molecule has 2 rings (SSSR count). The van der Waals surface area contributed by atoms with Gasteiger partial charge in [-0.15, -0.1) is 0 Å². The van der Waals surface area contributed by atoms with Gasteiger partial charge >= 0.3 is 0 Å². The number of amides is 2. The molecule has 0 atom stereocenters. The second-order valence-corrected chi connectivity index (χ2v) is 7.30. The van der Waals surface area contributed by atoms with Crippen molar-refractivity contribution in [3.8, 4) is 0 Å². The number of nitrogen functional groups attached to an aromatic ring is 1. The van der Waals surface area contributed by atoms with Crippen molar-refractivity contribution >= 4 is 23.2 Å². The van der Waals surface area contributed by atoms with Gasteiger partial charge in [0, 0.05) is 36.8 Å². The second kappa shape index (κ2) is 12.0. The predicted molar refractivity (Wildman–Crippen MR) is 125 cm³/mol. The van der Waals surface area contributed by atoms with Crippen LogP contribution >= 0.6 is 0 Å². The Labute approximate surface area is 187 Å². The highest BCUT2D eigenvalue weighted by Gasteiger charge is 2.10. The minimum Gasteiger partial charge on any atom is -0.397 e. The molecule has 0 unspecified atom stereocenters. The van der Waals surface area contributed by atoms with Crippen molar-refractivity contribution in [2.45, 2.75) is 20.8 Å². The van der Waals surface area contributed by atoms with Crippen molar-refractivity contribution < 1.29 is 14.0 Å². The van der Waals surface area contributed by atoms with Crippen LogP contribution in [0.1, 0.15) is 31.1 Å². The molecule has 5 N–H and O–H groups in total. The standard InChI is InChI=1S/C24H28FN5O2/c1-16(2)13-18(24(32)30-22-9-8-20(25)14-21(22)26)7-6-17(3)28-11-12-29-23(31)19-5-4-10-27-15-19/h4-10,13-15,28H,11-12,26H2,1-3H3,(H,29,31)(H,30,32)/b17-6+,18-7+. The largest absolute Gasteiger partial charge is 0.397 e. The van der Waals surface area contributed by atoms with Crippen LogP contribution < -0.4 is 21.7 Å². The van der Waals surface area contributed by atoms with Crippen LogP contribution in [0.2, 0.25) is 0 Å². The third-order valence-electron chi connectivity index (χ3n) is 4.22. The Morgan fingerprint density at radius 1 is 1.09 bits per heavy atom. The van der Waals surface area contributed by atoms with Crippen LogP contribution in [0, 0.1) is 5.82 Å². The highest BCUT2D eigenvalue weighted by atomic mass is 19.1. The van der Waals surface area contributed by atoms with Gasteiger partial charge in [0.05, 0.1) is 16.9 Å². The van der Waals surface area contributed by atoms with Gasteiger partial charge < -0.3 is 21.7 Å². The summed E-state index contributed by atoms with van der Waals surface area (Å²) in [6, 6.07) is 7.21. The van der Waals surface area contributed by atoms with E-state index in [2.05, 4.69) is 20.9 Å². The maximum atomic E-state index is 13.2. The summed E-state index contributed by atoms with van der Waals surface area (Å²) in [5, 5.41) is 8.68. The first-order chi connectivity index (χ1) is 15.3. The van der Waals surface area contributed by atoms with Crippen LogP contribution in [0.15, 0.2) is 77.8 Å². The van der Waals surface area contributed by atoms with Gasteiger partial charge in [-0.2, -0.15) is 0 Å². The maximum Gasteiger partial charge on any atom is 0.255 e. The van der Waals surface area contributed by atoms with Crippen molar-refractivity contribution in [1.29, 1.82) is 0 Å². The molecule has 8 heteroatoms. The molecule has 0 spiro atoms. The molecule has 2 aromatic rings.